The van der Waals surface area contributed by atoms with E-state index in [0.29, 0.717) is 18.5 Å². The number of piperidine rings is 1. The molecule has 1 aliphatic heterocycles. The highest BCUT2D eigenvalue weighted by atomic mass is 16.5. The summed E-state index contributed by atoms with van der Waals surface area (Å²) >= 11 is 0. The van der Waals surface area contributed by atoms with Crippen molar-refractivity contribution in [3.63, 3.8) is 0 Å². The number of aromatic nitrogens is 3. The highest BCUT2D eigenvalue weighted by Gasteiger charge is 2.25. The number of nitrogens with two attached hydrogens (primary N) is 1. The molecule has 0 spiro atoms. The molecule has 1 aromatic rings. The molecule has 1 aliphatic rings. The summed E-state index contributed by atoms with van der Waals surface area (Å²) in [7, 11) is 0. The number of nitrogens with one attached hydrogen (secondary N) is 1. The Bertz CT molecular complexity index is 340. The van der Waals surface area contributed by atoms with E-state index in [2.05, 4.69) is 27.0 Å². The maximum Gasteiger partial charge on any atom is 0.337 e. The van der Waals surface area contributed by atoms with Crippen molar-refractivity contribution < 1.29 is 4.74 Å². The predicted octanol–water partition coefficient (Wildman–Crippen LogP) is 0.377. The topological polar surface area (TPSA) is 80.1 Å². The lowest BCUT2D eigenvalue weighted by molar-refractivity contribution is 0.314. The number of nitrogens with zero attached hydrogens (tertiary/aromatic N) is 3. The van der Waals surface area contributed by atoms with E-state index in [9.17, 15) is 0 Å². The fourth-order valence-electron chi connectivity index (χ4n) is 1.87. The average molecular weight is 225 g/mol. The molecule has 0 aliphatic carbocycles. The van der Waals surface area contributed by atoms with Crippen molar-refractivity contribution in [2.75, 3.05) is 24.6 Å². The average Bonchev–Trinajstić information content (AvgIpc) is 2.71. The second kappa shape index (κ2) is 4.69. The molecule has 0 saturated carbocycles. The number of rotatable bonds is 3. The molecule has 0 aromatic carbocycles. The normalized spacial score (nSPS) is 25.8. The summed E-state index contributed by atoms with van der Waals surface area (Å²) in [6.45, 7) is 6.47. The summed E-state index contributed by atoms with van der Waals surface area (Å²) in [6, 6.07) is 0.610. The van der Waals surface area contributed by atoms with E-state index in [1.165, 1.54) is 0 Å². The standard InChI is InChI=1S/C10H19N5O/c1-3-16-10-12-9(13-14-10)15-5-4-7(2)8(11)6-15/h7-8H,3-6,11H2,1-2H3,(H,12,13,14). The van der Waals surface area contributed by atoms with Crippen molar-refractivity contribution in [1.29, 1.82) is 0 Å². The molecule has 1 saturated heterocycles. The second-order valence-corrected chi connectivity index (χ2v) is 4.25. The van der Waals surface area contributed by atoms with Crippen LogP contribution in [0.3, 0.4) is 0 Å². The van der Waals surface area contributed by atoms with Crippen LogP contribution >= 0.6 is 0 Å². The van der Waals surface area contributed by atoms with Gasteiger partial charge in [-0.3, -0.25) is 0 Å². The van der Waals surface area contributed by atoms with Gasteiger partial charge in [0.25, 0.3) is 0 Å². The SMILES string of the molecule is CCOc1n[nH]c(N2CCC(C)C(N)C2)n1. The van der Waals surface area contributed by atoms with Crippen LogP contribution in [0.2, 0.25) is 0 Å². The summed E-state index contributed by atoms with van der Waals surface area (Å²) in [5.74, 6) is 1.33. The van der Waals surface area contributed by atoms with Gasteiger partial charge in [-0.05, 0) is 19.3 Å². The quantitative estimate of drug-likeness (QED) is 0.777. The molecule has 0 amide bonds. The largest absolute Gasteiger partial charge is 0.463 e. The van der Waals surface area contributed by atoms with E-state index < -0.39 is 0 Å². The van der Waals surface area contributed by atoms with Gasteiger partial charge >= 0.3 is 6.01 Å². The van der Waals surface area contributed by atoms with Gasteiger partial charge in [0.2, 0.25) is 5.95 Å². The van der Waals surface area contributed by atoms with Crippen LogP contribution in [0.1, 0.15) is 20.3 Å². The lowest BCUT2D eigenvalue weighted by Crippen LogP contribution is -2.48. The van der Waals surface area contributed by atoms with Gasteiger partial charge in [-0.2, -0.15) is 4.98 Å². The molecule has 2 rings (SSSR count). The van der Waals surface area contributed by atoms with Crippen molar-refractivity contribution in [3.05, 3.63) is 0 Å². The first kappa shape index (κ1) is 11.2. The third-order valence-corrected chi connectivity index (χ3v) is 3.04. The van der Waals surface area contributed by atoms with Crippen molar-refractivity contribution in [2.24, 2.45) is 11.7 Å². The maximum atomic E-state index is 6.04. The van der Waals surface area contributed by atoms with Gasteiger partial charge in [0.05, 0.1) is 6.61 Å². The van der Waals surface area contributed by atoms with Crippen LogP contribution in [0.15, 0.2) is 0 Å². The lowest BCUT2D eigenvalue weighted by atomic mass is 9.95. The molecule has 6 nitrogen and oxygen atoms in total. The van der Waals surface area contributed by atoms with Crippen LogP contribution in [0, 0.1) is 5.92 Å². The van der Waals surface area contributed by atoms with Gasteiger partial charge in [0.15, 0.2) is 0 Å². The van der Waals surface area contributed by atoms with Crippen molar-refractivity contribution >= 4 is 5.95 Å². The number of hydrogen-bond donors (Lipinski definition) is 2. The summed E-state index contributed by atoms with van der Waals surface area (Å²) in [5.41, 5.74) is 6.04. The smallest absolute Gasteiger partial charge is 0.337 e. The van der Waals surface area contributed by atoms with Crippen LogP contribution in [0.25, 0.3) is 0 Å². The molecule has 1 fully saturated rings. The van der Waals surface area contributed by atoms with Crippen LogP contribution in [0.5, 0.6) is 6.01 Å². The van der Waals surface area contributed by atoms with Crippen LogP contribution in [-0.4, -0.2) is 40.9 Å². The molecule has 16 heavy (non-hydrogen) atoms. The number of hydrogen-bond acceptors (Lipinski definition) is 5. The highest BCUT2D eigenvalue weighted by molar-refractivity contribution is 5.31. The lowest BCUT2D eigenvalue weighted by Gasteiger charge is -2.34. The number of aromatic amines is 1. The summed E-state index contributed by atoms with van der Waals surface area (Å²) in [5, 5.41) is 6.86. The van der Waals surface area contributed by atoms with E-state index in [0.717, 1.165) is 25.5 Å². The highest BCUT2D eigenvalue weighted by Crippen LogP contribution is 2.20. The van der Waals surface area contributed by atoms with Crippen LogP contribution in [-0.2, 0) is 0 Å². The van der Waals surface area contributed by atoms with E-state index in [1.807, 2.05) is 6.92 Å². The fourth-order valence-corrected chi connectivity index (χ4v) is 1.87. The van der Waals surface area contributed by atoms with Gasteiger partial charge in [0, 0.05) is 19.1 Å². The van der Waals surface area contributed by atoms with Crippen molar-refractivity contribution in [1.82, 2.24) is 15.2 Å². The van der Waals surface area contributed by atoms with E-state index in [4.69, 9.17) is 10.5 Å². The summed E-state index contributed by atoms with van der Waals surface area (Å²) in [6.07, 6.45) is 1.09. The Hall–Kier alpha value is -1.30. The van der Waals surface area contributed by atoms with Gasteiger partial charge in [0.1, 0.15) is 0 Å². The molecule has 3 N–H and O–H groups in total. The second-order valence-electron chi connectivity index (χ2n) is 4.25. The number of H-pyrrole nitrogens is 1. The Morgan fingerprint density at radius 1 is 1.62 bits per heavy atom. The van der Waals surface area contributed by atoms with Crippen molar-refractivity contribution in [3.8, 4) is 6.01 Å². The Labute approximate surface area is 95.2 Å². The first-order valence-electron chi connectivity index (χ1n) is 5.76. The monoisotopic (exact) mass is 225 g/mol. The van der Waals surface area contributed by atoms with E-state index >= 15 is 0 Å². The minimum atomic E-state index is 0.203. The minimum absolute atomic E-state index is 0.203. The summed E-state index contributed by atoms with van der Waals surface area (Å²) < 4.78 is 5.21. The molecule has 90 valence electrons. The van der Waals surface area contributed by atoms with E-state index in [1.54, 1.807) is 0 Å². The third-order valence-electron chi connectivity index (χ3n) is 3.04. The van der Waals surface area contributed by atoms with E-state index in [-0.39, 0.29) is 6.04 Å². The van der Waals surface area contributed by atoms with Gasteiger partial charge in [-0.25, -0.2) is 5.10 Å². The zero-order valence-electron chi connectivity index (χ0n) is 9.81. The molecular weight excluding hydrogens is 206 g/mol. The molecule has 0 radical (unpaired) electrons. The predicted molar refractivity (Wildman–Crippen MR) is 61.5 cm³/mol. The van der Waals surface area contributed by atoms with Crippen molar-refractivity contribution in [2.45, 2.75) is 26.3 Å². The maximum absolute atomic E-state index is 6.04. The molecule has 6 heteroatoms. The molecule has 0 bridgehead atoms. The summed E-state index contributed by atoms with van der Waals surface area (Å²) in [4.78, 5) is 6.39. The first-order chi connectivity index (χ1) is 7.70. The van der Waals surface area contributed by atoms with Gasteiger partial charge in [-0.15, -0.1) is 5.10 Å². The molecular formula is C10H19N5O. The fraction of sp³-hybridized carbons (Fsp3) is 0.800. The number of ether oxygens (including phenoxy) is 1. The van der Waals surface area contributed by atoms with Gasteiger partial charge < -0.3 is 15.4 Å². The zero-order chi connectivity index (χ0) is 11.5. The Kier molecular flexibility index (Phi) is 3.28. The Balaban J connectivity index is 2.01. The Morgan fingerprint density at radius 3 is 3.12 bits per heavy atom. The molecule has 2 unspecified atom stereocenters. The first-order valence-corrected chi connectivity index (χ1v) is 5.76. The molecule has 2 atom stereocenters. The number of anilines is 1. The molecule has 1 aromatic heterocycles. The van der Waals surface area contributed by atoms with Crippen LogP contribution in [0.4, 0.5) is 5.95 Å². The third kappa shape index (κ3) is 2.27. The Morgan fingerprint density at radius 2 is 2.44 bits per heavy atom. The van der Waals surface area contributed by atoms with Gasteiger partial charge in [-0.1, -0.05) is 6.92 Å². The zero-order valence-corrected chi connectivity index (χ0v) is 9.81. The van der Waals surface area contributed by atoms with Crippen LogP contribution < -0.4 is 15.4 Å². The molecule has 2 heterocycles. The minimum Gasteiger partial charge on any atom is -0.463 e.